The van der Waals surface area contributed by atoms with Crippen molar-refractivity contribution >= 4 is 35.1 Å². The fourth-order valence-corrected chi connectivity index (χ4v) is 4.62. The van der Waals surface area contributed by atoms with Crippen LogP contribution in [-0.4, -0.2) is 12.6 Å². The van der Waals surface area contributed by atoms with Gasteiger partial charge in [0, 0.05) is 16.5 Å². The van der Waals surface area contributed by atoms with Crippen molar-refractivity contribution in [2.45, 2.75) is 13.1 Å². The molecule has 0 atom stereocenters. The Bertz CT molecular complexity index is 985. The van der Waals surface area contributed by atoms with Crippen LogP contribution in [0.2, 0.25) is 13.1 Å². The molecule has 0 saturated carbocycles. The van der Waals surface area contributed by atoms with Gasteiger partial charge >= 0.3 is 0 Å². The maximum atomic E-state index is 4.02. The number of nitrogens with zero attached hydrogens (tertiary/aromatic N) is 1. The van der Waals surface area contributed by atoms with E-state index in [-0.39, 0.29) is 0 Å². The van der Waals surface area contributed by atoms with Gasteiger partial charge in [-0.3, -0.25) is 0 Å². The number of benzene rings is 3. The first-order chi connectivity index (χ1) is 11.6. The lowest BCUT2D eigenvalue weighted by Crippen LogP contribution is -2.39. The zero-order valence-electron chi connectivity index (χ0n) is 14.2. The number of fused-ring (bicyclic) bond motifs is 3. The molecule has 1 heterocycles. The van der Waals surface area contributed by atoms with Crippen molar-refractivity contribution in [3.8, 4) is 5.69 Å². The van der Waals surface area contributed by atoms with Crippen LogP contribution in [0.3, 0.4) is 0 Å². The summed E-state index contributed by atoms with van der Waals surface area (Å²) in [6.45, 7) is 8.68. The smallest absolute Gasteiger partial charge is 0.103 e. The molecule has 0 bridgehead atoms. The lowest BCUT2D eigenvalue weighted by molar-refractivity contribution is 1.18. The first-order valence-corrected chi connectivity index (χ1v) is 11.4. The third-order valence-corrected chi connectivity index (χ3v) is 7.80. The Morgan fingerprint density at radius 2 is 1.25 bits per heavy atom. The highest BCUT2D eigenvalue weighted by atomic mass is 28.3. The molecular weight excluding hydrogens is 306 g/mol. The number of aromatic nitrogens is 1. The van der Waals surface area contributed by atoms with Gasteiger partial charge in [0.05, 0.1) is 11.0 Å². The topological polar surface area (TPSA) is 4.93 Å². The molecule has 0 fully saturated rings. The molecule has 4 aromatic rings. The van der Waals surface area contributed by atoms with Crippen molar-refractivity contribution < 1.29 is 0 Å². The van der Waals surface area contributed by atoms with Crippen molar-refractivity contribution in [1.82, 2.24) is 4.57 Å². The molecule has 2 heteroatoms. The molecule has 0 radical (unpaired) electrons. The van der Waals surface area contributed by atoms with Gasteiger partial charge in [0.25, 0.3) is 0 Å². The fraction of sp³-hybridized carbons (Fsp3) is 0.0909. The quantitative estimate of drug-likeness (QED) is 0.443. The van der Waals surface area contributed by atoms with Crippen molar-refractivity contribution in [2.24, 2.45) is 0 Å². The molecule has 118 valence electrons. The molecule has 0 aliphatic carbocycles. The van der Waals surface area contributed by atoms with E-state index in [0.717, 1.165) is 0 Å². The van der Waals surface area contributed by atoms with Gasteiger partial charge < -0.3 is 4.57 Å². The summed E-state index contributed by atoms with van der Waals surface area (Å²) in [6, 6.07) is 26.3. The molecule has 3 aromatic carbocycles. The van der Waals surface area contributed by atoms with Crippen LogP contribution in [0.15, 0.2) is 85.1 Å². The summed E-state index contributed by atoms with van der Waals surface area (Å²) in [5.41, 5.74) is 5.87. The number of hydrogen-bond acceptors (Lipinski definition) is 0. The molecule has 0 aliphatic heterocycles. The van der Waals surface area contributed by atoms with Gasteiger partial charge in [-0.1, -0.05) is 72.5 Å². The normalized spacial score (nSPS) is 11.9. The van der Waals surface area contributed by atoms with Gasteiger partial charge in [0.2, 0.25) is 0 Å². The zero-order valence-corrected chi connectivity index (χ0v) is 15.2. The van der Waals surface area contributed by atoms with E-state index in [1.165, 1.54) is 32.7 Å². The minimum Gasteiger partial charge on any atom is -0.309 e. The summed E-state index contributed by atoms with van der Waals surface area (Å²) in [6.07, 6.45) is 0. The van der Waals surface area contributed by atoms with E-state index in [0.29, 0.717) is 0 Å². The van der Waals surface area contributed by atoms with E-state index in [9.17, 15) is 0 Å². The summed E-state index contributed by atoms with van der Waals surface area (Å²) in [4.78, 5) is 0. The van der Waals surface area contributed by atoms with Gasteiger partial charge in [0.1, 0.15) is 8.07 Å². The van der Waals surface area contributed by atoms with Gasteiger partial charge in [0.15, 0.2) is 0 Å². The van der Waals surface area contributed by atoms with E-state index < -0.39 is 8.07 Å². The summed E-state index contributed by atoms with van der Waals surface area (Å²) in [5, 5.41) is 4.03. The first kappa shape index (κ1) is 15.0. The third kappa shape index (κ3) is 2.22. The highest BCUT2D eigenvalue weighted by Gasteiger charge is 2.19. The van der Waals surface area contributed by atoms with Crippen molar-refractivity contribution in [3.05, 3.63) is 85.1 Å². The van der Waals surface area contributed by atoms with E-state index in [2.05, 4.69) is 103 Å². The minimum absolute atomic E-state index is 1.21. The molecule has 1 nitrogen and oxygen atoms in total. The first-order valence-electron chi connectivity index (χ1n) is 8.34. The highest BCUT2D eigenvalue weighted by Crippen LogP contribution is 2.31. The van der Waals surface area contributed by atoms with Crippen LogP contribution in [0.25, 0.3) is 27.5 Å². The van der Waals surface area contributed by atoms with Crippen LogP contribution in [0.4, 0.5) is 0 Å². The average Bonchev–Trinajstić information content (AvgIpc) is 2.96. The largest absolute Gasteiger partial charge is 0.309 e. The van der Waals surface area contributed by atoms with E-state index in [1.807, 2.05) is 0 Å². The summed E-state index contributed by atoms with van der Waals surface area (Å²) in [7, 11) is -1.51. The highest BCUT2D eigenvalue weighted by molar-refractivity contribution is 6.93. The summed E-state index contributed by atoms with van der Waals surface area (Å²) in [5.74, 6) is 0. The van der Waals surface area contributed by atoms with Crippen LogP contribution in [0, 0.1) is 0 Å². The Morgan fingerprint density at radius 1 is 0.750 bits per heavy atom. The van der Waals surface area contributed by atoms with Gasteiger partial charge in [-0.05, 0) is 24.3 Å². The number of rotatable bonds is 3. The fourth-order valence-electron chi connectivity index (χ4n) is 3.36. The Hall–Kier alpha value is -2.58. The Kier molecular flexibility index (Phi) is 3.43. The second kappa shape index (κ2) is 5.50. The van der Waals surface area contributed by atoms with Crippen LogP contribution < -0.4 is 5.19 Å². The average molecular weight is 328 g/mol. The molecule has 1 aromatic heterocycles. The van der Waals surface area contributed by atoms with Crippen LogP contribution in [0.5, 0.6) is 0 Å². The van der Waals surface area contributed by atoms with Crippen LogP contribution in [0.1, 0.15) is 0 Å². The molecule has 0 unspecified atom stereocenters. The molecule has 0 saturated heterocycles. The van der Waals surface area contributed by atoms with Crippen LogP contribution in [-0.2, 0) is 0 Å². The van der Waals surface area contributed by atoms with Crippen molar-refractivity contribution in [3.63, 3.8) is 0 Å². The molecular formula is C22H21NSi. The number of hydrogen-bond donors (Lipinski definition) is 0. The second-order valence-electron chi connectivity index (χ2n) is 6.84. The lowest BCUT2D eigenvalue weighted by atomic mass is 10.2. The molecule has 0 spiro atoms. The van der Waals surface area contributed by atoms with Crippen molar-refractivity contribution in [2.75, 3.05) is 0 Å². The third-order valence-electron chi connectivity index (χ3n) is 4.96. The monoisotopic (exact) mass is 327 g/mol. The van der Waals surface area contributed by atoms with E-state index in [1.54, 1.807) is 0 Å². The Morgan fingerprint density at radius 3 is 1.75 bits per heavy atom. The maximum absolute atomic E-state index is 4.02. The maximum Gasteiger partial charge on any atom is 0.103 e. The Labute approximate surface area is 143 Å². The summed E-state index contributed by atoms with van der Waals surface area (Å²) < 4.78 is 2.36. The SMILES string of the molecule is C=C[Si](C)(C)c1ccc(-n2c3ccccc3c3ccccc32)cc1. The van der Waals surface area contributed by atoms with E-state index in [4.69, 9.17) is 0 Å². The van der Waals surface area contributed by atoms with Gasteiger partial charge in [-0.15, -0.1) is 6.58 Å². The van der Waals surface area contributed by atoms with Gasteiger partial charge in [-0.25, -0.2) is 0 Å². The zero-order chi connectivity index (χ0) is 16.7. The number of para-hydroxylation sites is 2. The van der Waals surface area contributed by atoms with Crippen molar-refractivity contribution in [1.29, 1.82) is 0 Å². The molecule has 0 amide bonds. The second-order valence-corrected chi connectivity index (χ2v) is 11.3. The summed E-state index contributed by atoms with van der Waals surface area (Å²) >= 11 is 0. The minimum atomic E-state index is -1.51. The molecule has 0 N–H and O–H groups in total. The Balaban J connectivity index is 1.97. The molecule has 4 rings (SSSR count). The predicted octanol–water partition coefficient (Wildman–Crippen LogP) is 5.42. The molecule has 0 aliphatic rings. The van der Waals surface area contributed by atoms with Gasteiger partial charge in [-0.2, -0.15) is 0 Å². The molecule has 24 heavy (non-hydrogen) atoms. The van der Waals surface area contributed by atoms with E-state index >= 15 is 0 Å². The predicted molar refractivity (Wildman–Crippen MR) is 108 cm³/mol. The standard InChI is InChI=1S/C22H21NSi/c1-4-24(2,3)18-15-13-17(14-16-18)23-21-11-7-5-9-19(21)20-10-6-8-12-22(20)23/h4-16H,1H2,2-3H3. The lowest BCUT2D eigenvalue weighted by Gasteiger charge is -2.18. The van der Waals surface area contributed by atoms with Crippen LogP contribution >= 0.6 is 0 Å².